The van der Waals surface area contributed by atoms with Gasteiger partial charge in [-0.1, -0.05) is 11.6 Å². The summed E-state index contributed by atoms with van der Waals surface area (Å²) >= 11 is 5.71. The van der Waals surface area contributed by atoms with Gasteiger partial charge >= 0.3 is 5.97 Å². The molecule has 0 aliphatic rings. The molecule has 0 atom stereocenters. The summed E-state index contributed by atoms with van der Waals surface area (Å²) in [5.41, 5.74) is 0.784. The molecule has 0 aliphatic heterocycles. The molecule has 0 aliphatic carbocycles. The zero-order chi connectivity index (χ0) is 13.0. The summed E-state index contributed by atoms with van der Waals surface area (Å²) in [7, 11) is 0. The Balaban J connectivity index is 2.11. The monoisotopic (exact) mass is 258 g/mol. The summed E-state index contributed by atoms with van der Waals surface area (Å²) in [4.78, 5) is 15.6. The summed E-state index contributed by atoms with van der Waals surface area (Å²) in [6.07, 6.45) is 1.34. The summed E-state index contributed by atoms with van der Waals surface area (Å²) in [5.74, 6) is -0.377. The highest BCUT2D eigenvalue weighted by Gasteiger charge is 2.08. The van der Waals surface area contributed by atoms with Gasteiger partial charge < -0.3 is 4.74 Å². The third-order valence-electron chi connectivity index (χ3n) is 2.14. The number of halogens is 1. The van der Waals surface area contributed by atoms with Crippen LogP contribution in [0.2, 0.25) is 5.02 Å². The van der Waals surface area contributed by atoms with E-state index in [0.717, 1.165) is 0 Å². The molecule has 0 N–H and O–H groups in total. The molecular formula is C13H7ClN2O2. The van der Waals surface area contributed by atoms with E-state index in [1.807, 2.05) is 6.07 Å². The van der Waals surface area contributed by atoms with Crippen molar-refractivity contribution in [2.45, 2.75) is 0 Å². The molecule has 0 saturated carbocycles. The van der Waals surface area contributed by atoms with Crippen LogP contribution >= 0.6 is 11.6 Å². The van der Waals surface area contributed by atoms with Crippen molar-refractivity contribution >= 4 is 17.6 Å². The number of benzene rings is 1. The van der Waals surface area contributed by atoms with Gasteiger partial charge in [0.15, 0.2) is 0 Å². The van der Waals surface area contributed by atoms with Crippen molar-refractivity contribution in [3.8, 4) is 11.9 Å². The van der Waals surface area contributed by atoms with Crippen molar-refractivity contribution in [1.82, 2.24) is 4.98 Å². The zero-order valence-electron chi connectivity index (χ0n) is 9.13. The van der Waals surface area contributed by atoms with Gasteiger partial charge in [0.2, 0.25) is 5.88 Å². The van der Waals surface area contributed by atoms with E-state index in [0.29, 0.717) is 16.1 Å². The Morgan fingerprint density at radius 2 is 1.94 bits per heavy atom. The van der Waals surface area contributed by atoms with E-state index in [9.17, 15) is 4.79 Å². The number of aromatic nitrogens is 1. The molecule has 88 valence electrons. The van der Waals surface area contributed by atoms with Crippen molar-refractivity contribution in [2.24, 2.45) is 0 Å². The van der Waals surface area contributed by atoms with Crippen LogP contribution in [0.15, 0.2) is 42.6 Å². The number of nitriles is 1. The van der Waals surface area contributed by atoms with Crippen LogP contribution < -0.4 is 4.74 Å². The second-order valence-electron chi connectivity index (χ2n) is 3.39. The number of hydrogen-bond donors (Lipinski definition) is 0. The first-order chi connectivity index (χ1) is 8.69. The van der Waals surface area contributed by atoms with Gasteiger partial charge in [-0.2, -0.15) is 5.26 Å². The highest BCUT2D eigenvalue weighted by Crippen LogP contribution is 2.13. The molecule has 2 aromatic rings. The average molecular weight is 259 g/mol. The molecule has 1 aromatic carbocycles. The van der Waals surface area contributed by atoms with E-state index < -0.39 is 5.97 Å². The highest BCUT2D eigenvalue weighted by atomic mass is 35.5. The standard InChI is InChI=1S/C13H7ClN2O2/c14-11-4-2-10(3-5-11)13(17)18-12-6-1-9(7-15)8-16-12/h1-6,8H. The molecule has 0 saturated heterocycles. The number of hydrogen-bond acceptors (Lipinski definition) is 4. The minimum absolute atomic E-state index is 0.147. The summed E-state index contributed by atoms with van der Waals surface area (Å²) < 4.78 is 5.04. The molecule has 1 heterocycles. The molecule has 5 heteroatoms. The lowest BCUT2D eigenvalue weighted by atomic mass is 10.2. The molecule has 0 unspecified atom stereocenters. The minimum Gasteiger partial charge on any atom is -0.404 e. The highest BCUT2D eigenvalue weighted by molar-refractivity contribution is 6.30. The van der Waals surface area contributed by atoms with Gasteiger partial charge in [0, 0.05) is 17.3 Å². The molecule has 0 bridgehead atoms. The van der Waals surface area contributed by atoms with Crippen LogP contribution in [-0.4, -0.2) is 11.0 Å². The van der Waals surface area contributed by atoms with Crippen molar-refractivity contribution in [1.29, 1.82) is 5.26 Å². The largest absolute Gasteiger partial charge is 0.404 e. The Labute approximate surface area is 108 Å². The Morgan fingerprint density at radius 1 is 1.22 bits per heavy atom. The lowest BCUT2D eigenvalue weighted by Gasteiger charge is -2.03. The van der Waals surface area contributed by atoms with Crippen molar-refractivity contribution in [3.05, 3.63) is 58.7 Å². The Kier molecular flexibility index (Phi) is 3.56. The predicted molar refractivity (Wildman–Crippen MR) is 65.4 cm³/mol. The van der Waals surface area contributed by atoms with E-state index in [1.54, 1.807) is 24.3 Å². The number of rotatable bonds is 2. The van der Waals surface area contributed by atoms with Crippen molar-refractivity contribution in [2.75, 3.05) is 0 Å². The number of ether oxygens (including phenoxy) is 1. The first-order valence-corrected chi connectivity index (χ1v) is 5.41. The van der Waals surface area contributed by atoms with Crippen LogP contribution in [0.1, 0.15) is 15.9 Å². The smallest absolute Gasteiger partial charge is 0.344 e. The molecule has 0 spiro atoms. The quantitative estimate of drug-likeness (QED) is 0.777. The molecule has 0 radical (unpaired) electrons. The minimum atomic E-state index is -0.524. The third kappa shape index (κ3) is 2.84. The van der Waals surface area contributed by atoms with Gasteiger partial charge in [0.25, 0.3) is 0 Å². The molecule has 18 heavy (non-hydrogen) atoms. The normalized spacial score (nSPS) is 9.56. The fraction of sp³-hybridized carbons (Fsp3) is 0. The van der Waals surface area contributed by atoms with Gasteiger partial charge in [-0.25, -0.2) is 9.78 Å². The molecular weight excluding hydrogens is 252 g/mol. The Hall–Kier alpha value is -2.38. The van der Waals surface area contributed by atoms with E-state index in [2.05, 4.69) is 4.98 Å². The van der Waals surface area contributed by atoms with Gasteiger partial charge in [-0.15, -0.1) is 0 Å². The maximum atomic E-state index is 11.7. The second kappa shape index (κ2) is 5.30. The van der Waals surface area contributed by atoms with Gasteiger partial charge in [0.1, 0.15) is 6.07 Å². The van der Waals surface area contributed by atoms with Gasteiger partial charge in [0.05, 0.1) is 11.1 Å². The van der Waals surface area contributed by atoms with Crippen LogP contribution in [0.5, 0.6) is 5.88 Å². The number of esters is 1. The van der Waals surface area contributed by atoms with E-state index >= 15 is 0 Å². The van der Waals surface area contributed by atoms with E-state index in [-0.39, 0.29) is 5.88 Å². The van der Waals surface area contributed by atoms with Gasteiger partial charge in [-0.3, -0.25) is 0 Å². The molecule has 0 amide bonds. The number of pyridine rings is 1. The van der Waals surface area contributed by atoms with E-state index in [1.165, 1.54) is 18.3 Å². The van der Waals surface area contributed by atoms with Crippen molar-refractivity contribution < 1.29 is 9.53 Å². The number of nitrogens with zero attached hydrogens (tertiary/aromatic N) is 2. The van der Waals surface area contributed by atoms with Crippen LogP contribution in [0.3, 0.4) is 0 Å². The fourth-order valence-corrected chi connectivity index (χ4v) is 1.37. The second-order valence-corrected chi connectivity index (χ2v) is 3.83. The van der Waals surface area contributed by atoms with Crippen LogP contribution in [0.25, 0.3) is 0 Å². The predicted octanol–water partition coefficient (Wildman–Crippen LogP) is 2.83. The zero-order valence-corrected chi connectivity index (χ0v) is 9.89. The Bertz CT molecular complexity index is 600. The topological polar surface area (TPSA) is 63.0 Å². The summed E-state index contributed by atoms with van der Waals surface area (Å²) in [5, 5.41) is 9.15. The maximum absolute atomic E-state index is 11.7. The van der Waals surface area contributed by atoms with Gasteiger partial charge in [-0.05, 0) is 30.3 Å². The SMILES string of the molecule is N#Cc1ccc(OC(=O)c2ccc(Cl)cc2)nc1. The maximum Gasteiger partial charge on any atom is 0.344 e. The van der Waals surface area contributed by atoms with Crippen LogP contribution in [0, 0.1) is 11.3 Å². The first-order valence-electron chi connectivity index (χ1n) is 5.03. The van der Waals surface area contributed by atoms with Crippen LogP contribution in [-0.2, 0) is 0 Å². The number of carbonyl (C=O) groups is 1. The van der Waals surface area contributed by atoms with Crippen LogP contribution in [0.4, 0.5) is 0 Å². The van der Waals surface area contributed by atoms with E-state index in [4.69, 9.17) is 21.6 Å². The fourth-order valence-electron chi connectivity index (χ4n) is 1.25. The Morgan fingerprint density at radius 3 is 2.50 bits per heavy atom. The molecule has 0 fully saturated rings. The summed E-state index contributed by atoms with van der Waals surface area (Å²) in [6, 6.07) is 11.2. The molecule has 4 nitrogen and oxygen atoms in total. The lowest BCUT2D eigenvalue weighted by molar-refractivity contribution is 0.0727. The average Bonchev–Trinajstić information content (AvgIpc) is 2.40. The third-order valence-corrected chi connectivity index (χ3v) is 2.39. The first kappa shape index (κ1) is 12.1. The molecule has 1 aromatic heterocycles. The lowest BCUT2D eigenvalue weighted by Crippen LogP contribution is -2.09. The van der Waals surface area contributed by atoms with Crippen molar-refractivity contribution in [3.63, 3.8) is 0 Å². The summed E-state index contributed by atoms with van der Waals surface area (Å²) in [6.45, 7) is 0. The molecule has 2 rings (SSSR count). The number of carbonyl (C=O) groups excluding carboxylic acids is 1.